The summed E-state index contributed by atoms with van der Waals surface area (Å²) in [6, 6.07) is 25.3. The van der Waals surface area contributed by atoms with Crippen molar-refractivity contribution in [2.45, 2.75) is 6.42 Å². The SMILES string of the molecule is O=C(COC(=O)c1ccccc1Cc1ccccc1)NNC(=O)c1ccccc1. The molecule has 0 saturated heterocycles. The molecule has 0 aromatic heterocycles. The Morgan fingerprint density at radius 3 is 2.07 bits per heavy atom. The summed E-state index contributed by atoms with van der Waals surface area (Å²) in [6.07, 6.45) is 0.575. The molecule has 3 aromatic carbocycles. The van der Waals surface area contributed by atoms with Crippen LogP contribution in [0.1, 0.15) is 31.8 Å². The molecular formula is C23H20N2O4. The molecule has 0 heterocycles. The number of carbonyl (C=O) groups is 3. The quantitative estimate of drug-likeness (QED) is 0.502. The van der Waals surface area contributed by atoms with Crippen molar-refractivity contribution < 1.29 is 19.1 Å². The maximum absolute atomic E-state index is 12.4. The Labute approximate surface area is 168 Å². The minimum atomic E-state index is -0.636. The van der Waals surface area contributed by atoms with Crippen molar-refractivity contribution in [3.63, 3.8) is 0 Å². The summed E-state index contributed by atoms with van der Waals surface area (Å²) in [6.45, 7) is -0.506. The molecular weight excluding hydrogens is 368 g/mol. The van der Waals surface area contributed by atoms with Gasteiger partial charge in [0.2, 0.25) is 0 Å². The zero-order valence-corrected chi connectivity index (χ0v) is 15.6. The van der Waals surface area contributed by atoms with Crippen molar-refractivity contribution in [2.24, 2.45) is 0 Å². The average molecular weight is 388 g/mol. The lowest BCUT2D eigenvalue weighted by Gasteiger charge is -2.11. The first-order valence-electron chi connectivity index (χ1n) is 9.06. The van der Waals surface area contributed by atoms with Gasteiger partial charge in [0.1, 0.15) is 0 Å². The zero-order chi connectivity index (χ0) is 20.5. The summed E-state index contributed by atoms with van der Waals surface area (Å²) in [5.41, 5.74) is 7.18. The van der Waals surface area contributed by atoms with Gasteiger partial charge in [-0.2, -0.15) is 0 Å². The van der Waals surface area contributed by atoms with Gasteiger partial charge in [-0.3, -0.25) is 20.4 Å². The lowest BCUT2D eigenvalue weighted by atomic mass is 10.00. The summed E-state index contributed by atoms with van der Waals surface area (Å²) >= 11 is 0. The van der Waals surface area contributed by atoms with Crippen LogP contribution < -0.4 is 10.9 Å². The van der Waals surface area contributed by atoms with E-state index in [1.54, 1.807) is 42.5 Å². The second-order valence-corrected chi connectivity index (χ2v) is 6.26. The summed E-state index contributed by atoms with van der Waals surface area (Å²) in [4.78, 5) is 36.2. The predicted molar refractivity (Wildman–Crippen MR) is 108 cm³/mol. The molecule has 29 heavy (non-hydrogen) atoms. The molecule has 146 valence electrons. The Kier molecular flexibility index (Phi) is 6.73. The van der Waals surface area contributed by atoms with Crippen LogP contribution in [0.3, 0.4) is 0 Å². The van der Waals surface area contributed by atoms with Gasteiger partial charge in [0.15, 0.2) is 6.61 Å². The third-order valence-corrected chi connectivity index (χ3v) is 4.16. The standard InChI is InChI=1S/C23H20N2O4/c26-21(24-25-22(27)18-11-5-2-6-12-18)16-29-23(28)20-14-8-7-13-19(20)15-17-9-3-1-4-10-17/h1-14H,15-16H2,(H,24,26)(H,25,27). The van der Waals surface area contributed by atoms with Crippen LogP contribution >= 0.6 is 0 Å². The molecule has 3 rings (SSSR count). The molecule has 6 nitrogen and oxygen atoms in total. The smallest absolute Gasteiger partial charge is 0.338 e. The van der Waals surface area contributed by atoms with E-state index in [0.29, 0.717) is 17.5 Å². The highest BCUT2D eigenvalue weighted by Crippen LogP contribution is 2.15. The topological polar surface area (TPSA) is 84.5 Å². The maximum Gasteiger partial charge on any atom is 0.338 e. The Bertz CT molecular complexity index is 988. The molecule has 0 fully saturated rings. The number of hydrazine groups is 1. The summed E-state index contributed by atoms with van der Waals surface area (Å²) in [5, 5.41) is 0. The van der Waals surface area contributed by atoms with E-state index in [2.05, 4.69) is 10.9 Å². The van der Waals surface area contributed by atoms with Crippen LogP contribution in [-0.2, 0) is 16.0 Å². The third kappa shape index (κ3) is 5.77. The monoisotopic (exact) mass is 388 g/mol. The highest BCUT2D eigenvalue weighted by atomic mass is 16.5. The van der Waals surface area contributed by atoms with Crippen molar-refractivity contribution in [2.75, 3.05) is 6.61 Å². The number of hydrogen-bond donors (Lipinski definition) is 2. The second kappa shape index (κ2) is 9.85. The van der Waals surface area contributed by atoms with E-state index < -0.39 is 24.4 Å². The maximum atomic E-state index is 12.4. The van der Waals surface area contributed by atoms with E-state index in [1.165, 1.54) is 0 Å². The normalized spacial score (nSPS) is 10.1. The molecule has 0 aliphatic carbocycles. The van der Waals surface area contributed by atoms with Crippen LogP contribution in [0.15, 0.2) is 84.9 Å². The molecule has 2 amide bonds. The molecule has 0 aliphatic rings. The fourth-order valence-electron chi connectivity index (χ4n) is 2.72. The van der Waals surface area contributed by atoms with Gasteiger partial charge in [0.25, 0.3) is 11.8 Å². The van der Waals surface area contributed by atoms with Gasteiger partial charge >= 0.3 is 5.97 Å². The molecule has 3 aromatic rings. The molecule has 0 saturated carbocycles. The molecule has 6 heteroatoms. The predicted octanol–water partition coefficient (Wildman–Crippen LogP) is 2.90. The first kappa shape index (κ1) is 19.8. The number of amides is 2. The van der Waals surface area contributed by atoms with Crippen molar-refractivity contribution in [1.29, 1.82) is 0 Å². The highest BCUT2D eigenvalue weighted by Gasteiger charge is 2.15. The molecule has 2 N–H and O–H groups in total. The van der Waals surface area contributed by atoms with E-state index in [9.17, 15) is 14.4 Å². The van der Waals surface area contributed by atoms with E-state index >= 15 is 0 Å². The van der Waals surface area contributed by atoms with E-state index in [-0.39, 0.29) is 0 Å². The van der Waals surface area contributed by atoms with Crippen molar-refractivity contribution in [3.05, 3.63) is 107 Å². The van der Waals surface area contributed by atoms with Crippen LogP contribution in [0.5, 0.6) is 0 Å². The fourth-order valence-corrected chi connectivity index (χ4v) is 2.72. The molecule has 0 bridgehead atoms. The van der Waals surface area contributed by atoms with Gasteiger partial charge in [0, 0.05) is 5.56 Å². The van der Waals surface area contributed by atoms with Gasteiger partial charge in [-0.05, 0) is 35.7 Å². The zero-order valence-electron chi connectivity index (χ0n) is 15.6. The lowest BCUT2D eigenvalue weighted by molar-refractivity contribution is -0.125. The van der Waals surface area contributed by atoms with E-state index in [0.717, 1.165) is 11.1 Å². The molecule has 0 spiro atoms. The average Bonchev–Trinajstić information content (AvgIpc) is 2.77. The van der Waals surface area contributed by atoms with Crippen LogP contribution in [0.25, 0.3) is 0 Å². The van der Waals surface area contributed by atoms with Crippen molar-refractivity contribution in [1.82, 2.24) is 10.9 Å². The van der Waals surface area contributed by atoms with Crippen molar-refractivity contribution >= 4 is 17.8 Å². The number of ether oxygens (including phenoxy) is 1. The molecule has 0 radical (unpaired) electrons. The van der Waals surface area contributed by atoms with Crippen LogP contribution in [0.4, 0.5) is 0 Å². The second-order valence-electron chi connectivity index (χ2n) is 6.26. The molecule has 0 atom stereocenters. The third-order valence-electron chi connectivity index (χ3n) is 4.16. The van der Waals surface area contributed by atoms with Crippen molar-refractivity contribution in [3.8, 4) is 0 Å². The molecule has 0 aliphatic heterocycles. The Balaban J connectivity index is 1.53. The van der Waals surface area contributed by atoms with Crippen LogP contribution in [-0.4, -0.2) is 24.4 Å². The Morgan fingerprint density at radius 2 is 1.34 bits per heavy atom. The fraction of sp³-hybridized carbons (Fsp3) is 0.0870. The number of rotatable bonds is 6. The lowest BCUT2D eigenvalue weighted by Crippen LogP contribution is -2.43. The van der Waals surface area contributed by atoms with Gasteiger partial charge in [-0.25, -0.2) is 4.79 Å². The minimum absolute atomic E-state index is 0.400. The Hall–Kier alpha value is -3.93. The summed E-state index contributed by atoms with van der Waals surface area (Å²) < 4.78 is 5.10. The number of hydrogen-bond acceptors (Lipinski definition) is 4. The van der Waals surface area contributed by atoms with E-state index in [1.807, 2.05) is 42.5 Å². The minimum Gasteiger partial charge on any atom is -0.452 e. The summed E-state index contributed by atoms with van der Waals surface area (Å²) in [7, 11) is 0. The van der Waals surface area contributed by atoms with E-state index in [4.69, 9.17) is 4.74 Å². The summed E-state index contributed by atoms with van der Waals surface area (Å²) in [5.74, 6) is -1.69. The number of esters is 1. The largest absolute Gasteiger partial charge is 0.452 e. The number of benzene rings is 3. The van der Waals surface area contributed by atoms with Crippen LogP contribution in [0.2, 0.25) is 0 Å². The van der Waals surface area contributed by atoms with Crippen LogP contribution in [0, 0.1) is 0 Å². The first-order valence-corrected chi connectivity index (χ1v) is 9.06. The number of nitrogens with one attached hydrogen (secondary N) is 2. The molecule has 0 unspecified atom stereocenters. The first-order chi connectivity index (χ1) is 14.1. The van der Waals surface area contributed by atoms with Gasteiger partial charge in [-0.1, -0.05) is 66.7 Å². The number of carbonyl (C=O) groups excluding carboxylic acids is 3. The Morgan fingerprint density at radius 1 is 0.724 bits per heavy atom. The van der Waals surface area contributed by atoms with Gasteiger partial charge in [-0.15, -0.1) is 0 Å². The van der Waals surface area contributed by atoms with Gasteiger partial charge in [0.05, 0.1) is 5.56 Å². The van der Waals surface area contributed by atoms with Gasteiger partial charge < -0.3 is 4.74 Å². The highest BCUT2D eigenvalue weighted by molar-refractivity contribution is 5.96.